The van der Waals surface area contributed by atoms with Crippen LogP contribution >= 0.6 is 33.3 Å². The number of anilines is 3. The van der Waals surface area contributed by atoms with Crippen LogP contribution in [-0.2, 0) is 95.6 Å². The van der Waals surface area contributed by atoms with E-state index in [4.69, 9.17) is 19.9 Å². The van der Waals surface area contributed by atoms with Gasteiger partial charge in [-0.2, -0.15) is 16.7 Å². The van der Waals surface area contributed by atoms with Crippen LogP contribution in [0.1, 0.15) is 140 Å². The maximum Gasteiger partial charge on any atom is 0.426 e. The van der Waals surface area contributed by atoms with Crippen LogP contribution in [0, 0.1) is 11.3 Å². The Balaban J connectivity index is 0.586. The summed E-state index contributed by atoms with van der Waals surface area (Å²) >= 11 is 1.44. The quantitative estimate of drug-likeness (QED) is 0.00856. The summed E-state index contributed by atoms with van der Waals surface area (Å²) in [6, 6.07) is 18.6. The van der Waals surface area contributed by atoms with Crippen LogP contribution in [0.4, 0.5) is 22.1 Å². The minimum atomic E-state index is -2.77. The normalized spacial score (nSPS) is 22.9. The summed E-state index contributed by atoms with van der Waals surface area (Å²) in [6.45, 7) is 5.11. The Hall–Kier alpha value is -14.5. The van der Waals surface area contributed by atoms with E-state index >= 15 is 9.59 Å². The highest BCUT2D eigenvalue weighted by molar-refractivity contribution is 8.76. The number of nitrogens with zero attached hydrogens (tertiary/aromatic N) is 6. The predicted octanol–water partition coefficient (Wildman–Crippen LogP) is 2.25. The van der Waals surface area contributed by atoms with Gasteiger partial charge >= 0.3 is 41.9 Å². The first-order valence-electron chi connectivity index (χ1n) is 48.4. The molecule has 3 aromatic heterocycles. The Kier molecular flexibility index (Phi) is 33.6. The van der Waals surface area contributed by atoms with Crippen LogP contribution in [0.15, 0.2) is 132 Å². The van der Waals surface area contributed by atoms with Crippen LogP contribution < -0.4 is 74.3 Å². The number of carbonyl (C=O) groups is 15. The van der Waals surface area contributed by atoms with Gasteiger partial charge in [0.15, 0.2) is 16.8 Å². The van der Waals surface area contributed by atoms with Gasteiger partial charge in [-0.1, -0.05) is 114 Å². The molecule has 15 rings (SSSR count). The lowest BCUT2D eigenvalue weighted by molar-refractivity contribution is -0.204. The number of ether oxygens (including phenoxy) is 3. The number of H-pyrrole nitrogens is 2. The molecule has 2 bridgehead atoms. The average molecular weight is 2110 g/mol. The summed E-state index contributed by atoms with van der Waals surface area (Å²) in [7, 11) is 6.32. The number of esters is 1. The van der Waals surface area contributed by atoms with Crippen LogP contribution in [0.2, 0.25) is 0 Å². The van der Waals surface area contributed by atoms with Gasteiger partial charge in [-0.25, -0.2) is 29.8 Å². The molecule has 0 radical (unpaired) electrons. The second-order valence-corrected chi connectivity index (χ2v) is 41.9. The monoisotopic (exact) mass is 2110 g/mol. The molecule has 3 fully saturated rings. The van der Waals surface area contributed by atoms with Crippen molar-refractivity contribution in [3.8, 4) is 16.9 Å². The van der Waals surface area contributed by atoms with Gasteiger partial charge in [0.25, 0.3) is 17.4 Å². The van der Waals surface area contributed by atoms with E-state index < -0.39 is 228 Å². The summed E-state index contributed by atoms with van der Waals surface area (Å²) in [4.78, 5) is 242. The number of carboxylic acid groups (broad SMARTS) is 5. The number of aliphatic carboxylic acids is 5. The van der Waals surface area contributed by atoms with Gasteiger partial charge < -0.3 is 113 Å². The lowest BCUT2D eigenvalue weighted by atomic mass is 9.47. The number of hydrogen-bond acceptors (Lipinski definition) is 33. The lowest BCUT2D eigenvalue weighted by Crippen LogP contribution is -2.82. The molecule has 1 saturated carbocycles. The Labute approximate surface area is 863 Å². The maximum atomic E-state index is 15.7. The van der Waals surface area contributed by atoms with Crippen molar-refractivity contribution < 1.29 is 127 Å². The minimum Gasteiger partial charge on any atom is -0.496 e. The Morgan fingerprint density at radius 1 is 0.664 bits per heavy atom. The van der Waals surface area contributed by atoms with Crippen molar-refractivity contribution >= 4 is 162 Å². The van der Waals surface area contributed by atoms with Crippen molar-refractivity contribution in [2.45, 2.75) is 180 Å². The number of aliphatic hydroxyl groups excluding tert-OH is 1. The Morgan fingerprint density at radius 3 is 1.95 bits per heavy atom. The Bertz CT molecular complexity index is 6590. The van der Waals surface area contributed by atoms with Crippen molar-refractivity contribution in [2.75, 3.05) is 106 Å². The molecule has 8 heterocycles. The van der Waals surface area contributed by atoms with Crippen molar-refractivity contribution in [1.82, 2.24) is 82.8 Å². The number of carbonyl (C=O) groups excluding carboxylic acids is 10. The molecule has 149 heavy (non-hydrogen) atoms. The third-order valence-corrected chi connectivity index (χ3v) is 32.5. The summed E-state index contributed by atoms with van der Waals surface area (Å²) in [6.07, 6.45) is -1.55. The van der Waals surface area contributed by atoms with E-state index in [9.17, 15) is 108 Å². The zero-order valence-corrected chi connectivity index (χ0v) is 84.2. The highest BCUT2D eigenvalue weighted by Crippen LogP contribution is 2.68. The number of benzene rings is 5. The number of nitrogen functional groups attached to an aromatic ring is 1. The first kappa shape index (κ1) is 109. The molecular formula is C100H117N19O27S3. The molecule has 9 amide bonds. The highest BCUT2D eigenvalue weighted by Gasteiger charge is 2.79. The van der Waals surface area contributed by atoms with E-state index in [2.05, 4.69) is 77.5 Å². The van der Waals surface area contributed by atoms with Crippen LogP contribution in [-0.4, -0.2) is 321 Å². The number of thioether (sulfide) groups is 1. The number of para-hydroxylation sites is 1. The first-order valence-corrected chi connectivity index (χ1v) is 52.1. The molecule has 5 aromatic carbocycles. The molecule has 5 aliphatic heterocycles. The molecule has 2 aliphatic carbocycles. The maximum absolute atomic E-state index is 15.7. The first-order chi connectivity index (χ1) is 71.2. The van der Waals surface area contributed by atoms with Gasteiger partial charge in [0.05, 0.1) is 63.6 Å². The van der Waals surface area contributed by atoms with E-state index in [-0.39, 0.29) is 77.6 Å². The fourth-order valence-electron chi connectivity index (χ4n) is 22.4. The second kappa shape index (κ2) is 46.1. The number of hydrazine groups is 1. The smallest absolute Gasteiger partial charge is 0.426 e. The second-order valence-electron chi connectivity index (χ2n) is 38.1. The van der Waals surface area contributed by atoms with Crippen LogP contribution in [0.5, 0.6) is 5.75 Å². The number of carboxylic acids is 5. The van der Waals surface area contributed by atoms with Crippen molar-refractivity contribution in [3.63, 3.8) is 0 Å². The summed E-state index contributed by atoms with van der Waals surface area (Å²) < 4.78 is 17.9. The minimum absolute atomic E-state index is 0.0170. The number of piperidine rings is 1. The van der Waals surface area contributed by atoms with Crippen molar-refractivity contribution in [2.24, 2.45) is 11.3 Å². The topological polar surface area (TPSA) is 689 Å². The number of likely N-dealkylation sites (N-methyl/N-ethyl adjacent to an activating group) is 1. The van der Waals surface area contributed by atoms with Gasteiger partial charge in [-0.3, -0.25) is 82.5 Å². The SMILES string of the molecule is CC[C@]1(O)C[C@H]2CN(CCc3c([nH]c4ccccc34)[C@@](C(=O)OC)(c3cc4c(cc3OC)N(C)[C@H]3[C@@](O)(C(=O)NNC(=O)OCCSSC[C@H](NC(=O)[C@H](CNC(=O)CCSCC5c6ccccc6-c6ccccc65)NC(=O)[C@H](CC(=O)O)NC(=O)[C@H](CC(=O)O)NC(=O)[C@H](CC(=O)O)NC(=O)CC[C@H](NC(=O)c5ccc(NCc6cnc7nc(N)[nH]c(=O)c7n6)cc5)C(=O)O)C(=O)O)[C@H](O)[C@]5(CC)C=CCN6CC[C@]43[C@@H]65)C2)C1. The number of amides is 9. The molecule has 22 N–H and O–H groups in total. The average Bonchev–Trinajstić information content (AvgIpc) is 1.48. The standard InChI is InChI=1S/C100H117N19O27S3/c1-6-96(142)42-51-43-99(93(140)145-5,79-60(27-32-118(47-51)50-96)59-19-12-13-20-64(59)107-79)63-37-62-71(41-72(63)144-4)117(3)90-98(62)30-33-119-31-14-29-97(7-2,89(98)119)91(138)100(90,143)92(139)115-116-95(141)146-34-36-148-149-49-70(88(136)137)112-85(132)69(46-103-73(120)28-35-147-48-61-57-17-10-8-15-55(57)56-16-9-11-18-58(56)61)111-84(131)68(40-77(126)127)110-83(130)67(39-76(124)125)109-82(129)66(38-75(122)123)106-74(121)26-25-65(87(134)135)108-81(128)52-21-23-53(24-22-52)102-44-54-45-104-80-78(105-54)86(133)114-94(101)113-80/h8-24,29,37,41,45,51,61,65-70,89-91,102,107,138,142-143H,6-7,25-28,30-36,38-40,42-44,46-50H2,1-5H3,(H,103,120)(H,106,121)(H,108,128)(H,109,129)(H,110,130)(H,111,131)(H,112,132)(H,115,139)(H,116,141)(H,122,123)(H,124,125)(H,126,127)(H,134,135)(H,136,137)(H3,101,104,113,114,133)/t51-,65+,66+,67+,68+,69+,70+,89+,90-,91-,96+,97-,98-,99+,100+/m1/s1. The number of fused-ring (bicyclic) bond motifs is 10. The zero-order valence-electron chi connectivity index (χ0n) is 81.8. The molecule has 2 saturated heterocycles. The largest absolute Gasteiger partial charge is 0.496 e. The number of nitrogens with two attached hydrogens (primary N) is 1. The molecule has 16 atom stereocenters. The predicted molar refractivity (Wildman–Crippen MR) is 543 cm³/mol. The molecule has 792 valence electrons. The third-order valence-electron chi connectivity index (χ3n) is 29.1. The molecule has 1 spiro atoms. The lowest BCUT2D eigenvalue weighted by Gasteiger charge is -2.63. The Morgan fingerprint density at radius 2 is 1.30 bits per heavy atom. The number of aliphatic hydroxyl groups is 3. The fourth-order valence-corrected chi connectivity index (χ4v) is 25.5. The van der Waals surface area contributed by atoms with Gasteiger partial charge in [0.2, 0.25) is 41.4 Å². The zero-order chi connectivity index (χ0) is 107. The van der Waals surface area contributed by atoms with Crippen LogP contribution in [0.3, 0.4) is 0 Å². The number of aromatic amines is 2. The molecule has 8 aromatic rings. The summed E-state index contributed by atoms with van der Waals surface area (Å²) in [5.74, 6) is -19.2. The molecule has 7 aliphatic rings. The van der Waals surface area contributed by atoms with Crippen molar-refractivity contribution in [3.05, 3.63) is 183 Å². The number of aromatic nitrogens is 5. The number of methoxy groups -OCH3 is 2. The summed E-state index contributed by atoms with van der Waals surface area (Å²) in [5, 5.41) is 109. The van der Waals surface area contributed by atoms with E-state index in [0.29, 0.717) is 98.0 Å². The fraction of sp³-hybridized carbons (Fsp3) is 0.450. The van der Waals surface area contributed by atoms with Gasteiger partial charge in [0, 0.05) is 144 Å². The molecular weight excluding hydrogens is 2000 g/mol. The van der Waals surface area contributed by atoms with E-state index in [1.54, 1.807) is 18.0 Å². The number of nitrogens with one attached hydrogen (secondary N) is 12. The number of hydrogen-bond donors (Lipinski definition) is 21. The van der Waals surface area contributed by atoms with Crippen molar-refractivity contribution in [1.29, 1.82) is 0 Å². The third kappa shape index (κ3) is 22.8. The van der Waals surface area contributed by atoms with E-state index in [0.717, 1.165) is 60.3 Å². The molecule has 1 unspecified atom stereocenters. The summed E-state index contributed by atoms with van der Waals surface area (Å²) in [5.41, 5.74) is 10.4. The van der Waals surface area contributed by atoms with E-state index in [1.807, 2.05) is 115 Å². The molecule has 46 nitrogen and oxygen atoms in total. The van der Waals surface area contributed by atoms with E-state index in [1.165, 1.54) is 56.4 Å². The highest BCUT2D eigenvalue weighted by atomic mass is 33.1. The van der Waals surface area contributed by atoms with Gasteiger partial charge in [-0.15, -0.1) is 0 Å². The van der Waals surface area contributed by atoms with Gasteiger partial charge in [-0.05, 0) is 127 Å². The van der Waals surface area contributed by atoms with Gasteiger partial charge in [0.1, 0.15) is 60.1 Å². The number of rotatable bonds is 44. The van der Waals surface area contributed by atoms with Crippen LogP contribution in [0.25, 0.3) is 33.2 Å². The molecule has 49 heteroatoms.